The quantitative estimate of drug-likeness (QED) is 0.157. The van der Waals surface area contributed by atoms with Crippen molar-refractivity contribution < 1.29 is 4.42 Å². The molecule has 0 fully saturated rings. The van der Waals surface area contributed by atoms with E-state index in [1.165, 1.54) is 93.9 Å². The molecule has 2 nitrogen and oxygen atoms in total. The smallest absolute Gasteiger partial charge is 0.138 e. The zero-order chi connectivity index (χ0) is 41.8. The molecule has 0 aliphatic carbocycles. The van der Waals surface area contributed by atoms with Crippen molar-refractivity contribution in [3.63, 3.8) is 0 Å². The molecule has 2 heterocycles. The molecule has 0 spiro atoms. The van der Waals surface area contributed by atoms with Crippen molar-refractivity contribution in [1.29, 1.82) is 0 Å². The van der Waals surface area contributed by atoms with E-state index >= 15 is 0 Å². The van der Waals surface area contributed by atoms with Crippen LogP contribution in [0, 0.1) is 20.8 Å². The standard InChI is InChI=1S/C41H33NO.C15H16.C2H6/c1-4-14-30-29(20-13-24-37(30)42-35-22-10-8-18-31(35)32-19-9-11-23-36(32)42)34-25-38-40(33-21-12-15-26(2)41(33)43-38)39(27(34)3)28-16-6-5-7-17-28;1-3-13-9-5-7-11-15(13)14-10-6-4-8-12(14)2;1-2/h5-13,15-25H,4,14H2,1-3H3;4-11H,3H2,1-2H3;1-2H3. The van der Waals surface area contributed by atoms with Gasteiger partial charge < -0.3 is 8.98 Å². The monoisotopic (exact) mass is 781 g/mol. The van der Waals surface area contributed by atoms with Gasteiger partial charge in [0.2, 0.25) is 0 Å². The van der Waals surface area contributed by atoms with Gasteiger partial charge in [-0.25, -0.2) is 0 Å². The molecule has 0 unspecified atom stereocenters. The van der Waals surface area contributed by atoms with Gasteiger partial charge in [-0.15, -0.1) is 0 Å². The van der Waals surface area contributed by atoms with E-state index in [1.807, 2.05) is 13.8 Å². The Morgan fingerprint density at radius 2 is 1.07 bits per heavy atom. The molecular weight excluding hydrogens is 727 g/mol. The third-order valence-electron chi connectivity index (χ3n) is 11.9. The molecule has 0 N–H and O–H groups in total. The first-order valence-electron chi connectivity index (χ1n) is 21.7. The second-order valence-electron chi connectivity index (χ2n) is 15.5. The van der Waals surface area contributed by atoms with E-state index in [1.54, 1.807) is 0 Å². The second-order valence-corrected chi connectivity index (χ2v) is 15.5. The Balaban J connectivity index is 0.000000247. The average molecular weight is 782 g/mol. The van der Waals surface area contributed by atoms with Crippen LogP contribution in [-0.2, 0) is 12.8 Å². The third-order valence-corrected chi connectivity index (χ3v) is 11.9. The molecule has 10 rings (SSSR count). The van der Waals surface area contributed by atoms with E-state index in [4.69, 9.17) is 4.42 Å². The summed E-state index contributed by atoms with van der Waals surface area (Å²) in [6, 6.07) is 61.2. The maximum atomic E-state index is 6.67. The molecule has 2 heteroatoms. The molecule has 298 valence electrons. The first-order valence-corrected chi connectivity index (χ1v) is 21.7. The Labute approximate surface area is 355 Å². The first-order chi connectivity index (χ1) is 29.5. The van der Waals surface area contributed by atoms with E-state index in [9.17, 15) is 0 Å². The van der Waals surface area contributed by atoms with Crippen molar-refractivity contribution >= 4 is 43.7 Å². The van der Waals surface area contributed by atoms with Crippen LogP contribution in [-0.4, -0.2) is 4.57 Å². The van der Waals surface area contributed by atoms with Crippen molar-refractivity contribution in [2.45, 2.75) is 67.7 Å². The van der Waals surface area contributed by atoms with E-state index < -0.39 is 0 Å². The number of hydrogen-bond acceptors (Lipinski definition) is 1. The summed E-state index contributed by atoms with van der Waals surface area (Å²) in [5.74, 6) is 0. The number of rotatable bonds is 7. The van der Waals surface area contributed by atoms with Gasteiger partial charge in [0.1, 0.15) is 11.2 Å². The van der Waals surface area contributed by atoms with Crippen LogP contribution in [0.5, 0.6) is 0 Å². The second kappa shape index (κ2) is 17.7. The SMILES string of the molecule is CC.CCCc1c(-c2cc3oc4c(C)cccc4c3c(-c3ccccc3)c2C)cccc1-n1c2ccccc2c2ccccc21.CCc1ccccc1-c1ccccc1C. The number of fused-ring (bicyclic) bond motifs is 6. The molecule has 0 saturated carbocycles. The van der Waals surface area contributed by atoms with Crippen molar-refractivity contribution in [1.82, 2.24) is 4.57 Å². The largest absolute Gasteiger partial charge is 0.456 e. The van der Waals surface area contributed by atoms with E-state index in [0.29, 0.717) is 0 Å². The Morgan fingerprint density at radius 3 is 1.75 bits per heavy atom. The van der Waals surface area contributed by atoms with E-state index in [0.717, 1.165) is 36.0 Å². The van der Waals surface area contributed by atoms with Gasteiger partial charge in [-0.2, -0.15) is 0 Å². The summed E-state index contributed by atoms with van der Waals surface area (Å²) in [6.07, 6.45) is 3.12. The highest BCUT2D eigenvalue weighted by molar-refractivity contribution is 6.15. The number of benzene rings is 8. The highest BCUT2D eigenvalue weighted by atomic mass is 16.3. The topological polar surface area (TPSA) is 18.1 Å². The Hall–Kier alpha value is -6.64. The lowest BCUT2D eigenvalue weighted by atomic mass is 9.86. The highest BCUT2D eigenvalue weighted by Gasteiger charge is 2.23. The Morgan fingerprint density at radius 1 is 0.500 bits per heavy atom. The number of aromatic nitrogens is 1. The molecule has 2 aromatic heterocycles. The van der Waals surface area contributed by atoms with Gasteiger partial charge in [-0.05, 0) is 119 Å². The minimum Gasteiger partial charge on any atom is -0.456 e. The Kier molecular flexibility index (Phi) is 11.8. The fraction of sp³-hybridized carbons (Fsp3) is 0.172. The number of aryl methyl sites for hydroxylation is 3. The summed E-state index contributed by atoms with van der Waals surface area (Å²) in [4.78, 5) is 0. The molecule has 0 atom stereocenters. The number of para-hydroxylation sites is 3. The summed E-state index contributed by atoms with van der Waals surface area (Å²) in [5, 5.41) is 4.94. The molecule has 8 aromatic carbocycles. The van der Waals surface area contributed by atoms with Gasteiger partial charge >= 0.3 is 0 Å². The first kappa shape index (κ1) is 40.2. The van der Waals surface area contributed by atoms with Crippen LogP contribution >= 0.6 is 0 Å². The average Bonchev–Trinajstić information content (AvgIpc) is 3.84. The van der Waals surface area contributed by atoms with Crippen LogP contribution in [0.2, 0.25) is 0 Å². The normalized spacial score (nSPS) is 11.1. The van der Waals surface area contributed by atoms with Crippen molar-refractivity contribution in [2.75, 3.05) is 0 Å². The molecule has 0 amide bonds. The van der Waals surface area contributed by atoms with Gasteiger partial charge in [0.15, 0.2) is 0 Å². The highest BCUT2D eigenvalue weighted by Crippen LogP contribution is 2.45. The van der Waals surface area contributed by atoms with Gasteiger partial charge in [-0.1, -0.05) is 180 Å². The zero-order valence-electron chi connectivity index (χ0n) is 36.1. The van der Waals surface area contributed by atoms with Crippen LogP contribution in [0.25, 0.3) is 82.8 Å². The Bertz CT molecular complexity index is 3030. The zero-order valence-corrected chi connectivity index (χ0v) is 36.1. The maximum absolute atomic E-state index is 6.67. The molecule has 0 saturated heterocycles. The molecule has 0 aliphatic heterocycles. The van der Waals surface area contributed by atoms with Crippen LogP contribution in [0.15, 0.2) is 174 Å². The van der Waals surface area contributed by atoms with E-state index in [2.05, 4.69) is 209 Å². The van der Waals surface area contributed by atoms with Crippen LogP contribution in [0.4, 0.5) is 0 Å². The maximum Gasteiger partial charge on any atom is 0.138 e. The predicted octanol–water partition coefficient (Wildman–Crippen LogP) is 16.8. The molecule has 10 aromatic rings. The lowest BCUT2D eigenvalue weighted by Crippen LogP contribution is -2.03. The molecular formula is C58H55NO. The minimum absolute atomic E-state index is 0.938. The lowest BCUT2D eigenvalue weighted by molar-refractivity contribution is 0.666. The van der Waals surface area contributed by atoms with Crippen molar-refractivity contribution in [3.05, 3.63) is 198 Å². The fourth-order valence-electron chi connectivity index (χ4n) is 9.14. The number of nitrogens with zero attached hydrogens (tertiary/aromatic N) is 1. The molecule has 0 radical (unpaired) electrons. The number of hydrogen-bond donors (Lipinski definition) is 0. The molecule has 60 heavy (non-hydrogen) atoms. The van der Waals surface area contributed by atoms with Gasteiger partial charge in [-0.3, -0.25) is 0 Å². The van der Waals surface area contributed by atoms with E-state index in [-0.39, 0.29) is 0 Å². The molecule has 0 aliphatic rings. The van der Waals surface area contributed by atoms with Gasteiger partial charge in [0.25, 0.3) is 0 Å². The minimum atomic E-state index is 0.938. The third kappa shape index (κ3) is 7.22. The summed E-state index contributed by atoms with van der Waals surface area (Å²) in [7, 11) is 0. The fourth-order valence-corrected chi connectivity index (χ4v) is 9.14. The number of furan rings is 1. The predicted molar refractivity (Wildman–Crippen MR) is 260 cm³/mol. The summed E-state index contributed by atoms with van der Waals surface area (Å²) < 4.78 is 9.14. The van der Waals surface area contributed by atoms with Crippen molar-refractivity contribution in [2.24, 2.45) is 0 Å². The summed E-state index contributed by atoms with van der Waals surface area (Å²) >= 11 is 0. The van der Waals surface area contributed by atoms with Crippen molar-refractivity contribution in [3.8, 4) is 39.1 Å². The van der Waals surface area contributed by atoms with Crippen LogP contribution in [0.1, 0.15) is 61.9 Å². The lowest BCUT2D eigenvalue weighted by Gasteiger charge is -2.20. The van der Waals surface area contributed by atoms with Crippen LogP contribution < -0.4 is 0 Å². The van der Waals surface area contributed by atoms with Gasteiger partial charge in [0.05, 0.1) is 11.0 Å². The molecule has 0 bridgehead atoms. The summed E-state index contributed by atoms with van der Waals surface area (Å²) in [5.41, 5.74) is 19.9. The van der Waals surface area contributed by atoms with Crippen LogP contribution in [0.3, 0.4) is 0 Å². The van der Waals surface area contributed by atoms with Gasteiger partial charge in [0, 0.05) is 27.2 Å². The summed E-state index contributed by atoms with van der Waals surface area (Å²) in [6.45, 7) is 15.1.